The molecule has 1 amide bonds. The molecule has 1 aliphatic heterocycles. The lowest BCUT2D eigenvalue weighted by atomic mass is 9.98. The third kappa shape index (κ3) is 2.24. The van der Waals surface area contributed by atoms with Crippen LogP contribution in [0.25, 0.3) is 11.1 Å². The molecule has 0 aromatic heterocycles. The van der Waals surface area contributed by atoms with Gasteiger partial charge in [0.25, 0.3) is 0 Å². The average molecular weight is 324 g/mol. The Kier molecular flexibility index (Phi) is 3.21. The summed E-state index contributed by atoms with van der Waals surface area (Å²) in [5, 5.41) is 9.06. The number of benzene rings is 2. The van der Waals surface area contributed by atoms with E-state index in [2.05, 4.69) is 0 Å². The fourth-order valence-corrected chi connectivity index (χ4v) is 3.40. The molecular formula is C19H17NO4. The molecule has 1 saturated heterocycles. The largest absolute Gasteiger partial charge is 0.480 e. The van der Waals surface area contributed by atoms with E-state index >= 15 is 0 Å². The Morgan fingerprint density at radius 1 is 1.12 bits per heavy atom. The smallest absolute Gasteiger partial charge is 0.410 e. The van der Waals surface area contributed by atoms with Crippen molar-refractivity contribution in [1.82, 2.24) is 4.90 Å². The number of rotatable bonds is 3. The second-order valence-electron chi connectivity index (χ2n) is 6.01. The van der Waals surface area contributed by atoms with Crippen LogP contribution >= 0.6 is 0 Å². The van der Waals surface area contributed by atoms with Crippen LogP contribution < -0.4 is 0 Å². The summed E-state index contributed by atoms with van der Waals surface area (Å²) in [4.78, 5) is 24.5. The highest BCUT2D eigenvalue weighted by molar-refractivity contribution is 5.82. The summed E-state index contributed by atoms with van der Waals surface area (Å²) in [5.41, 5.74) is 4.00. The van der Waals surface area contributed by atoms with Gasteiger partial charge in [0.1, 0.15) is 12.6 Å². The van der Waals surface area contributed by atoms with E-state index in [9.17, 15) is 9.59 Å². The molecule has 24 heavy (non-hydrogen) atoms. The standard InChI is InChI=1S/C19H17NO4/c21-18(22)17-9-10-20(17)19(23)24-11-16-14-7-3-1-5-12(14)13-6-2-4-8-15(13)16/h1-8,16-17H,9-11H2,(H,21,22)/i11D. The van der Waals surface area contributed by atoms with Crippen LogP contribution in [0.2, 0.25) is 0 Å². The van der Waals surface area contributed by atoms with Gasteiger partial charge in [-0.15, -0.1) is 0 Å². The zero-order valence-electron chi connectivity index (χ0n) is 13.9. The van der Waals surface area contributed by atoms with Crippen LogP contribution in [0.1, 0.15) is 24.8 Å². The van der Waals surface area contributed by atoms with Gasteiger partial charge in [-0.2, -0.15) is 0 Å². The average Bonchev–Trinajstić information content (AvgIpc) is 2.87. The molecule has 5 nitrogen and oxygen atoms in total. The summed E-state index contributed by atoms with van der Waals surface area (Å²) in [6, 6.07) is 14.7. The zero-order chi connectivity index (χ0) is 17.6. The second-order valence-corrected chi connectivity index (χ2v) is 6.01. The Hall–Kier alpha value is -2.82. The topological polar surface area (TPSA) is 66.8 Å². The van der Waals surface area contributed by atoms with E-state index in [0.717, 1.165) is 27.2 Å². The Labute approximate surface area is 140 Å². The normalized spacial score (nSPS) is 20.4. The molecule has 0 saturated carbocycles. The minimum atomic E-state index is -1.13. The van der Waals surface area contributed by atoms with Gasteiger partial charge >= 0.3 is 12.1 Å². The monoisotopic (exact) mass is 324 g/mol. The van der Waals surface area contributed by atoms with Crippen molar-refractivity contribution in [3.8, 4) is 11.1 Å². The highest BCUT2D eigenvalue weighted by Crippen LogP contribution is 2.44. The molecule has 1 fully saturated rings. The van der Waals surface area contributed by atoms with Crippen LogP contribution in [0.4, 0.5) is 4.79 Å². The number of hydrogen-bond donors (Lipinski definition) is 1. The summed E-state index contributed by atoms with van der Waals surface area (Å²) in [7, 11) is 0. The summed E-state index contributed by atoms with van der Waals surface area (Å²) in [6.45, 7) is -0.785. The number of amides is 1. The number of carboxylic acid groups (broad SMARTS) is 1. The molecule has 2 aromatic rings. The van der Waals surface area contributed by atoms with Crippen molar-refractivity contribution in [3.63, 3.8) is 0 Å². The van der Waals surface area contributed by atoms with E-state index in [0.29, 0.717) is 13.0 Å². The lowest BCUT2D eigenvalue weighted by Crippen LogP contribution is -2.55. The minimum Gasteiger partial charge on any atom is -0.480 e. The first kappa shape index (κ1) is 13.6. The lowest BCUT2D eigenvalue weighted by molar-refractivity contribution is -0.146. The molecule has 2 aliphatic rings. The number of carbonyl (C=O) groups excluding carboxylic acids is 1. The first-order chi connectivity index (χ1) is 12.1. The summed E-state index contributed by atoms with van der Waals surface area (Å²) < 4.78 is 13.7. The van der Waals surface area contributed by atoms with Crippen LogP contribution in [0, 0.1) is 0 Å². The molecule has 2 aromatic carbocycles. The van der Waals surface area contributed by atoms with E-state index < -0.39 is 24.7 Å². The van der Waals surface area contributed by atoms with E-state index in [-0.39, 0.29) is 5.92 Å². The van der Waals surface area contributed by atoms with Crippen LogP contribution in [-0.2, 0) is 9.53 Å². The third-order valence-corrected chi connectivity index (χ3v) is 4.73. The van der Waals surface area contributed by atoms with Crippen LogP contribution in [0.5, 0.6) is 0 Å². The lowest BCUT2D eigenvalue weighted by Gasteiger charge is -2.37. The van der Waals surface area contributed by atoms with Crippen molar-refractivity contribution in [2.24, 2.45) is 0 Å². The molecular weight excluding hydrogens is 306 g/mol. The van der Waals surface area contributed by atoms with E-state index in [1.54, 1.807) is 0 Å². The van der Waals surface area contributed by atoms with Crippen LogP contribution in [0.15, 0.2) is 48.5 Å². The van der Waals surface area contributed by atoms with Crippen molar-refractivity contribution in [2.75, 3.05) is 13.1 Å². The zero-order valence-corrected chi connectivity index (χ0v) is 12.9. The second kappa shape index (κ2) is 5.67. The van der Waals surface area contributed by atoms with E-state index in [1.165, 1.54) is 0 Å². The predicted molar refractivity (Wildman–Crippen MR) is 87.8 cm³/mol. The highest BCUT2D eigenvalue weighted by Gasteiger charge is 2.39. The maximum Gasteiger partial charge on any atom is 0.410 e. The van der Waals surface area contributed by atoms with Gasteiger partial charge in [0.2, 0.25) is 0 Å². The van der Waals surface area contributed by atoms with Gasteiger partial charge < -0.3 is 9.84 Å². The molecule has 122 valence electrons. The molecule has 5 heteroatoms. The highest BCUT2D eigenvalue weighted by atomic mass is 16.6. The third-order valence-electron chi connectivity index (χ3n) is 4.73. The van der Waals surface area contributed by atoms with Crippen molar-refractivity contribution in [3.05, 3.63) is 59.7 Å². The summed E-state index contributed by atoms with van der Waals surface area (Å²) in [6.07, 6.45) is -0.317. The molecule has 4 rings (SSSR count). The molecule has 0 spiro atoms. The fourth-order valence-electron chi connectivity index (χ4n) is 3.40. The SMILES string of the molecule is [2H]C(OC(=O)N1CCC1C(=O)O)C1c2ccccc2-c2ccccc21. The number of carbonyl (C=O) groups is 2. The number of nitrogens with zero attached hydrogens (tertiary/aromatic N) is 1. The molecule has 2 unspecified atom stereocenters. The first-order valence-corrected chi connectivity index (χ1v) is 7.88. The molecule has 2 atom stereocenters. The Bertz CT molecular complexity index is 807. The van der Waals surface area contributed by atoms with Gasteiger partial charge in [-0.25, -0.2) is 9.59 Å². The van der Waals surface area contributed by atoms with Gasteiger partial charge in [0, 0.05) is 12.5 Å². The fraction of sp³-hybridized carbons (Fsp3) is 0.263. The Morgan fingerprint density at radius 3 is 2.21 bits per heavy atom. The molecule has 0 bridgehead atoms. The number of hydrogen-bond acceptors (Lipinski definition) is 3. The summed E-state index contributed by atoms with van der Waals surface area (Å²) in [5.74, 6) is -1.41. The summed E-state index contributed by atoms with van der Waals surface area (Å²) >= 11 is 0. The van der Waals surface area contributed by atoms with Gasteiger partial charge in [-0.05, 0) is 28.7 Å². The predicted octanol–water partition coefficient (Wildman–Crippen LogP) is 3.09. The first-order valence-electron chi connectivity index (χ1n) is 8.46. The number of carboxylic acids is 1. The van der Waals surface area contributed by atoms with E-state index in [4.69, 9.17) is 11.2 Å². The molecule has 1 heterocycles. The minimum absolute atomic E-state index is 0.348. The van der Waals surface area contributed by atoms with Crippen LogP contribution in [0.3, 0.4) is 0 Å². The van der Waals surface area contributed by atoms with Crippen molar-refractivity contribution in [2.45, 2.75) is 18.4 Å². The van der Waals surface area contributed by atoms with Crippen molar-refractivity contribution in [1.29, 1.82) is 0 Å². The number of ether oxygens (including phenoxy) is 1. The van der Waals surface area contributed by atoms with Gasteiger partial charge in [-0.3, -0.25) is 4.90 Å². The molecule has 0 radical (unpaired) electrons. The maximum absolute atomic E-state index is 12.3. The van der Waals surface area contributed by atoms with Gasteiger partial charge in [0.15, 0.2) is 0 Å². The van der Waals surface area contributed by atoms with Crippen molar-refractivity contribution < 1.29 is 20.8 Å². The Balaban J connectivity index is 1.59. The molecule has 1 N–H and O–H groups in total. The van der Waals surface area contributed by atoms with Crippen LogP contribution in [-0.4, -0.2) is 41.2 Å². The number of fused-ring (bicyclic) bond motifs is 3. The molecule has 1 aliphatic carbocycles. The quantitative estimate of drug-likeness (QED) is 0.942. The maximum atomic E-state index is 12.3. The van der Waals surface area contributed by atoms with Crippen molar-refractivity contribution >= 4 is 12.1 Å². The number of likely N-dealkylation sites (tertiary alicyclic amines) is 1. The van der Waals surface area contributed by atoms with Gasteiger partial charge in [-0.1, -0.05) is 48.5 Å². The van der Waals surface area contributed by atoms with E-state index in [1.807, 2.05) is 48.5 Å². The Morgan fingerprint density at radius 2 is 1.71 bits per heavy atom. The number of aliphatic carboxylic acids is 1. The van der Waals surface area contributed by atoms with Gasteiger partial charge in [0.05, 0.1) is 1.37 Å².